The maximum absolute atomic E-state index is 13.4. The standard InChI is InChI=1S/C20H19FN2O5S/c1-13(24)14-6-8-15(9-7-14)22-18(25)10-28-20(27)12-29-11-19(26)23-17-5-3-2-4-16(17)21/h2-9H,10-12H2,1H3,(H,22,25)(H,23,26). The lowest BCUT2D eigenvalue weighted by Gasteiger charge is -2.08. The van der Waals surface area contributed by atoms with Crippen LogP contribution in [0.25, 0.3) is 0 Å². The van der Waals surface area contributed by atoms with Gasteiger partial charge in [0.15, 0.2) is 12.4 Å². The zero-order valence-corrected chi connectivity index (χ0v) is 16.4. The molecule has 0 spiro atoms. The number of amides is 2. The van der Waals surface area contributed by atoms with Crippen LogP contribution in [0.2, 0.25) is 0 Å². The van der Waals surface area contributed by atoms with Crippen molar-refractivity contribution in [1.29, 1.82) is 0 Å². The molecule has 2 amide bonds. The van der Waals surface area contributed by atoms with Gasteiger partial charge >= 0.3 is 5.97 Å². The molecule has 0 atom stereocenters. The predicted octanol–water partition coefficient (Wildman–Crippen LogP) is 2.88. The summed E-state index contributed by atoms with van der Waals surface area (Å²) in [6.07, 6.45) is 0. The number of ketones is 1. The Morgan fingerprint density at radius 2 is 1.62 bits per heavy atom. The Hall–Kier alpha value is -3.20. The summed E-state index contributed by atoms with van der Waals surface area (Å²) in [4.78, 5) is 46.4. The Labute approximate surface area is 171 Å². The fourth-order valence-electron chi connectivity index (χ4n) is 2.15. The Morgan fingerprint density at radius 3 is 2.28 bits per heavy atom. The summed E-state index contributed by atoms with van der Waals surface area (Å²) in [5.74, 6) is -2.49. The highest BCUT2D eigenvalue weighted by Gasteiger charge is 2.11. The molecule has 29 heavy (non-hydrogen) atoms. The Balaban J connectivity index is 1.65. The minimum atomic E-state index is -0.657. The van der Waals surface area contributed by atoms with E-state index in [4.69, 9.17) is 4.74 Å². The molecule has 0 radical (unpaired) electrons. The first-order valence-electron chi connectivity index (χ1n) is 8.54. The number of esters is 1. The van der Waals surface area contributed by atoms with E-state index in [1.54, 1.807) is 30.3 Å². The van der Waals surface area contributed by atoms with E-state index < -0.39 is 30.2 Å². The van der Waals surface area contributed by atoms with E-state index in [2.05, 4.69) is 10.6 Å². The van der Waals surface area contributed by atoms with Gasteiger partial charge in [-0.3, -0.25) is 19.2 Å². The largest absolute Gasteiger partial charge is 0.455 e. The number of rotatable bonds is 9. The third-order valence-electron chi connectivity index (χ3n) is 3.54. The van der Waals surface area contributed by atoms with Crippen LogP contribution >= 0.6 is 11.8 Å². The van der Waals surface area contributed by atoms with Crippen molar-refractivity contribution in [1.82, 2.24) is 0 Å². The van der Waals surface area contributed by atoms with Gasteiger partial charge in [0.1, 0.15) is 5.82 Å². The molecule has 2 N–H and O–H groups in total. The molecule has 0 unspecified atom stereocenters. The van der Waals surface area contributed by atoms with Gasteiger partial charge in [-0.2, -0.15) is 0 Å². The molecule has 2 aromatic rings. The Bertz CT molecular complexity index is 902. The molecule has 0 aromatic heterocycles. The molecule has 0 saturated carbocycles. The van der Waals surface area contributed by atoms with Crippen molar-refractivity contribution in [3.63, 3.8) is 0 Å². The fraction of sp³-hybridized carbons (Fsp3) is 0.200. The van der Waals surface area contributed by atoms with Gasteiger partial charge in [-0.15, -0.1) is 11.8 Å². The van der Waals surface area contributed by atoms with Gasteiger partial charge in [-0.1, -0.05) is 12.1 Å². The third-order valence-corrected chi connectivity index (χ3v) is 4.45. The van der Waals surface area contributed by atoms with E-state index in [0.717, 1.165) is 11.8 Å². The van der Waals surface area contributed by atoms with Crippen LogP contribution in [0.1, 0.15) is 17.3 Å². The van der Waals surface area contributed by atoms with Crippen LogP contribution in [-0.2, 0) is 19.1 Å². The van der Waals surface area contributed by atoms with Crippen LogP contribution < -0.4 is 10.6 Å². The van der Waals surface area contributed by atoms with Crippen molar-refractivity contribution in [3.8, 4) is 0 Å². The molecule has 152 valence electrons. The summed E-state index contributed by atoms with van der Waals surface area (Å²) in [7, 11) is 0. The highest BCUT2D eigenvalue weighted by atomic mass is 32.2. The number of hydrogen-bond acceptors (Lipinski definition) is 6. The number of benzene rings is 2. The summed E-state index contributed by atoms with van der Waals surface area (Å²) in [5, 5.41) is 4.94. The predicted molar refractivity (Wildman–Crippen MR) is 108 cm³/mol. The molecule has 7 nitrogen and oxygen atoms in total. The number of carbonyl (C=O) groups is 4. The molecule has 0 bridgehead atoms. The summed E-state index contributed by atoms with van der Waals surface area (Å²) in [6, 6.07) is 12.0. The normalized spacial score (nSPS) is 10.1. The van der Waals surface area contributed by atoms with Crippen LogP contribution in [0.3, 0.4) is 0 Å². The summed E-state index contributed by atoms with van der Waals surface area (Å²) in [6.45, 7) is 0.962. The van der Waals surface area contributed by atoms with Crippen LogP contribution in [0.15, 0.2) is 48.5 Å². The average molecular weight is 418 g/mol. The van der Waals surface area contributed by atoms with E-state index in [0.29, 0.717) is 11.3 Å². The monoisotopic (exact) mass is 418 g/mol. The second kappa shape index (κ2) is 11.0. The van der Waals surface area contributed by atoms with Crippen LogP contribution in [-0.4, -0.2) is 41.7 Å². The second-order valence-corrected chi connectivity index (χ2v) is 6.85. The Kier molecular flexibility index (Phi) is 8.35. The number of hydrogen-bond donors (Lipinski definition) is 2. The fourth-order valence-corrected chi connectivity index (χ4v) is 2.76. The van der Waals surface area contributed by atoms with Crippen molar-refractivity contribution in [3.05, 3.63) is 59.9 Å². The Morgan fingerprint density at radius 1 is 0.931 bits per heavy atom. The first-order valence-corrected chi connectivity index (χ1v) is 9.69. The minimum absolute atomic E-state index is 0.0636. The van der Waals surface area contributed by atoms with E-state index in [1.165, 1.54) is 25.1 Å². The molecule has 0 saturated heterocycles. The van der Waals surface area contributed by atoms with Gasteiger partial charge in [-0.05, 0) is 43.3 Å². The van der Waals surface area contributed by atoms with E-state index in [-0.39, 0.29) is 23.0 Å². The number of para-hydroxylation sites is 1. The molecule has 2 rings (SSSR count). The lowest BCUT2D eigenvalue weighted by Crippen LogP contribution is -2.22. The molecular formula is C20H19FN2O5S. The van der Waals surface area contributed by atoms with Gasteiger partial charge in [0.2, 0.25) is 5.91 Å². The van der Waals surface area contributed by atoms with Gasteiger partial charge in [-0.25, -0.2) is 4.39 Å². The van der Waals surface area contributed by atoms with Crippen LogP contribution in [0.5, 0.6) is 0 Å². The van der Waals surface area contributed by atoms with Crippen molar-refractivity contribution in [2.24, 2.45) is 0 Å². The first-order chi connectivity index (χ1) is 13.8. The molecule has 0 heterocycles. The molecular weight excluding hydrogens is 399 g/mol. The molecule has 0 aliphatic carbocycles. The third kappa shape index (κ3) is 7.74. The average Bonchev–Trinajstić information content (AvgIpc) is 2.68. The van der Waals surface area contributed by atoms with Gasteiger partial charge < -0.3 is 15.4 Å². The molecule has 9 heteroatoms. The van der Waals surface area contributed by atoms with Crippen molar-refractivity contribution < 1.29 is 28.3 Å². The van der Waals surface area contributed by atoms with E-state index >= 15 is 0 Å². The molecule has 2 aromatic carbocycles. The zero-order valence-electron chi connectivity index (χ0n) is 15.6. The summed E-state index contributed by atoms with van der Waals surface area (Å²) < 4.78 is 18.3. The minimum Gasteiger partial charge on any atom is -0.455 e. The number of nitrogens with one attached hydrogen (secondary N) is 2. The number of halogens is 1. The first kappa shape index (κ1) is 22.1. The molecule has 0 aliphatic rings. The second-order valence-electron chi connectivity index (χ2n) is 5.86. The van der Waals surface area contributed by atoms with Crippen molar-refractivity contribution >= 4 is 46.7 Å². The summed E-state index contributed by atoms with van der Waals surface area (Å²) >= 11 is 0.982. The highest BCUT2D eigenvalue weighted by molar-refractivity contribution is 8.00. The number of thioether (sulfide) groups is 1. The number of carbonyl (C=O) groups excluding carboxylic acids is 4. The lowest BCUT2D eigenvalue weighted by atomic mass is 10.1. The number of Topliss-reactive ketones (excluding diaryl/α,β-unsaturated/α-hetero) is 1. The van der Waals surface area contributed by atoms with Crippen molar-refractivity contribution in [2.45, 2.75) is 6.92 Å². The molecule has 0 aliphatic heterocycles. The van der Waals surface area contributed by atoms with Crippen molar-refractivity contribution in [2.75, 3.05) is 28.7 Å². The van der Waals surface area contributed by atoms with E-state index in [9.17, 15) is 23.6 Å². The van der Waals surface area contributed by atoms with Gasteiger partial charge in [0.05, 0.1) is 17.2 Å². The number of ether oxygens (including phenoxy) is 1. The maximum Gasteiger partial charge on any atom is 0.316 e. The lowest BCUT2D eigenvalue weighted by molar-refractivity contribution is -0.144. The quantitative estimate of drug-likeness (QED) is 0.480. The SMILES string of the molecule is CC(=O)c1ccc(NC(=O)COC(=O)CSCC(=O)Nc2ccccc2F)cc1. The van der Waals surface area contributed by atoms with Crippen LogP contribution in [0.4, 0.5) is 15.8 Å². The van der Waals surface area contributed by atoms with Gasteiger partial charge in [0.25, 0.3) is 5.91 Å². The zero-order chi connectivity index (χ0) is 21.2. The topological polar surface area (TPSA) is 102 Å². The maximum atomic E-state index is 13.4. The van der Waals surface area contributed by atoms with Crippen LogP contribution in [0, 0.1) is 5.82 Å². The van der Waals surface area contributed by atoms with Gasteiger partial charge in [0, 0.05) is 11.3 Å². The molecule has 0 fully saturated rings. The van der Waals surface area contributed by atoms with E-state index in [1.807, 2.05) is 0 Å². The summed E-state index contributed by atoms with van der Waals surface area (Å²) in [5.41, 5.74) is 1.05. The number of anilines is 2. The highest BCUT2D eigenvalue weighted by Crippen LogP contribution is 2.13. The smallest absolute Gasteiger partial charge is 0.316 e.